The summed E-state index contributed by atoms with van der Waals surface area (Å²) in [6, 6.07) is 0.853. The first-order chi connectivity index (χ1) is 9.10. The molecule has 2 heterocycles. The van der Waals surface area contributed by atoms with Crippen LogP contribution < -0.4 is 5.73 Å². The lowest BCUT2D eigenvalue weighted by Gasteiger charge is -2.46. The fourth-order valence-corrected chi connectivity index (χ4v) is 4.17. The zero-order valence-electron chi connectivity index (χ0n) is 13.1. The fourth-order valence-electron chi connectivity index (χ4n) is 4.17. The third kappa shape index (κ3) is 4.17. The SMILES string of the molecule is CC(C)CC(CN)CN1CCC2C(CCCN2C)C1. The second-order valence-electron chi connectivity index (χ2n) is 7.23. The topological polar surface area (TPSA) is 32.5 Å². The number of rotatable bonds is 5. The highest BCUT2D eigenvalue weighted by molar-refractivity contribution is 4.89. The molecule has 0 spiro atoms. The highest BCUT2D eigenvalue weighted by Crippen LogP contribution is 2.30. The van der Waals surface area contributed by atoms with E-state index in [1.165, 1.54) is 51.9 Å². The zero-order chi connectivity index (χ0) is 13.8. The van der Waals surface area contributed by atoms with Gasteiger partial charge >= 0.3 is 0 Å². The molecule has 0 aromatic rings. The van der Waals surface area contributed by atoms with Crippen LogP contribution >= 0.6 is 0 Å². The van der Waals surface area contributed by atoms with Gasteiger partial charge in [0.1, 0.15) is 0 Å². The second-order valence-corrected chi connectivity index (χ2v) is 7.23. The minimum Gasteiger partial charge on any atom is -0.330 e. The second kappa shape index (κ2) is 7.05. The summed E-state index contributed by atoms with van der Waals surface area (Å²) in [4.78, 5) is 5.29. The van der Waals surface area contributed by atoms with Crippen molar-refractivity contribution in [2.75, 3.05) is 39.8 Å². The van der Waals surface area contributed by atoms with E-state index in [0.29, 0.717) is 5.92 Å². The lowest BCUT2D eigenvalue weighted by molar-refractivity contribution is 0.0316. The Labute approximate surface area is 119 Å². The number of hydrogen-bond donors (Lipinski definition) is 1. The molecule has 0 saturated carbocycles. The molecule has 3 nitrogen and oxygen atoms in total. The average Bonchev–Trinajstić information content (AvgIpc) is 2.37. The van der Waals surface area contributed by atoms with Gasteiger partial charge in [-0.3, -0.25) is 0 Å². The summed E-state index contributed by atoms with van der Waals surface area (Å²) in [5.41, 5.74) is 5.96. The van der Waals surface area contributed by atoms with Gasteiger partial charge in [-0.25, -0.2) is 0 Å². The van der Waals surface area contributed by atoms with Gasteiger partial charge in [-0.2, -0.15) is 0 Å². The van der Waals surface area contributed by atoms with Crippen LogP contribution in [0.15, 0.2) is 0 Å². The molecule has 0 aromatic carbocycles. The molecule has 0 radical (unpaired) electrons. The van der Waals surface area contributed by atoms with E-state index in [1.54, 1.807) is 0 Å². The predicted octanol–water partition coefficient (Wildman–Crippen LogP) is 2.02. The molecule has 0 aliphatic carbocycles. The summed E-state index contributed by atoms with van der Waals surface area (Å²) in [5.74, 6) is 2.37. The van der Waals surface area contributed by atoms with Crippen molar-refractivity contribution in [2.45, 2.75) is 45.6 Å². The van der Waals surface area contributed by atoms with E-state index in [4.69, 9.17) is 5.73 Å². The van der Waals surface area contributed by atoms with Gasteiger partial charge in [-0.15, -0.1) is 0 Å². The van der Waals surface area contributed by atoms with Crippen molar-refractivity contribution in [3.8, 4) is 0 Å². The number of nitrogens with zero attached hydrogens (tertiary/aromatic N) is 2. The van der Waals surface area contributed by atoms with Crippen molar-refractivity contribution in [1.29, 1.82) is 0 Å². The summed E-state index contributed by atoms with van der Waals surface area (Å²) in [6.45, 7) is 10.6. The first-order valence-electron chi connectivity index (χ1n) is 8.22. The number of hydrogen-bond acceptors (Lipinski definition) is 3. The third-order valence-electron chi connectivity index (χ3n) is 5.08. The Kier molecular flexibility index (Phi) is 5.67. The van der Waals surface area contributed by atoms with E-state index in [0.717, 1.165) is 24.4 Å². The van der Waals surface area contributed by atoms with Gasteiger partial charge in [0.25, 0.3) is 0 Å². The first-order valence-corrected chi connectivity index (χ1v) is 8.22. The third-order valence-corrected chi connectivity index (χ3v) is 5.08. The molecule has 2 rings (SSSR count). The molecular weight excluding hydrogens is 234 g/mol. The number of likely N-dealkylation sites (tertiary alicyclic amines) is 2. The van der Waals surface area contributed by atoms with Crippen LogP contribution in [0.4, 0.5) is 0 Å². The molecule has 0 bridgehead atoms. The zero-order valence-corrected chi connectivity index (χ0v) is 13.1. The van der Waals surface area contributed by atoms with E-state index in [2.05, 4.69) is 30.7 Å². The molecule has 2 N–H and O–H groups in total. The van der Waals surface area contributed by atoms with Crippen molar-refractivity contribution < 1.29 is 0 Å². The number of nitrogens with two attached hydrogens (primary N) is 1. The maximum Gasteiger partial charge on any atom is 0.0145 e. The minimum absolute atomic E-state index is 0.692. The summed E-state index contributed by atoms with van der Waals surface area (Å²) in [7, 11) is 2.31. The Bertz CT molecular complexity index is 265. The molecule has 2 aliphatic heterocycles. The fraction of sp³-hybridized carbons (Fsp3) is 1.00. The Morgan fingerprint density at radius 3 is 2.68 bits per heavy atom. The van der Waals surface area contributed by atoms with E-state index in [1.807, 2.05) is 0 Å². The van der Waals surface area contributed by atoms with Crippen molar-refractivity contribution in [2.24, 2.45) is 23.5 Å². The molecule has 2 saturated heterocycles. The quantitative estimate of drug-likeness (QED) is 0.827. The highest BCUT2D eigenvalue weighted by Gasteiger charge is 2.34. The molecule has 2 fully saturated rings. The molecule has 19 heavy (non-hydrogen) atoms. The summed E-state index contributed by atoms with van der Waals surface area (Å²) in [5, 5.41) is 0. The first kappa shape index (κ1) is 15.3. The standard InChI is InChI=1S/C16H33N3/c1-13(2)9-14(10-17)11-19-8-6-16-15(12-19)5-4-7-18(16)3/h13-16H,4-12,17H2,1-3H3. The lowest BCUT2D eigenvalue weighted by atomic mass is 9.83. The van der Waals surface area contributed by atoms with Gasteiger partial charge < -0.3 is 15.5 Å². The van der Waals surface area contributed by atoms with Crippen LogP contribution in [0.25, 0.3) is 0 Å². The van der Waals surface area contributed by atoms with Crippen molar-refractivity contribution >= 4 is 0 Å². The van der Waals surface area contributed by atoms with Crippen LogP contribution in [0.3, 0.4) is 0 Å². The molecule has 0 amide bonds. The normalized spacial score (nSPS) is 31.4. The Balaban J connectivity index is 1.83. The Hall–Kier alpha value is -0.120. The Morgan fingerprint density at radius 1 is 1.21 bits per heavy atom. The molecule has 112 valence electrons. The van der Waals surface area contributed by atoms with E-state index >= 15 is 0 Å². The molecule has 3 unspecified atom stereocenters. The molecular formula is C16H33N3. The van der Waals surface area contributed by atoms with E-state index in [-0.39, 0.29) is 0 Å². The summed E-state index contributed by atoms with van der Waals surface area (Å²) < 4.78 is 0. The maximum absolute atomic E-state index is 5.96. The monoisotopic (exact) mass is 267 g/mol. The molecule has 3 atom stereocenters. The van der Waals surface area contributed by atoms with Crippen LogP contribution in [0.1, 0.15) is 39.5 Å². The highest BCUT2D eigenvalue weighted by atomic mass is 15.2. The van der Waals surface area contributed by atoms with Crippen molar-refractivity contribution in [3.63, 3.8) is 0 Å². The Morgan fingerprint density at radius 2 is 2.00 bits per heavy atom. The van der Waals surface area contributed by atoms with Gasteiger partial charge in [-0.1, -0.05) is 13.8 Å². The summed E-state index contributed by atoms with van der Waals surface area (Å²) in [6.07, 6.45) is 5.46. The largest absolute Gasteiger partial charge is 0.330 e. The van der Waals surface area contributed by atoms with Crippen LogP contribution in [0.5, 0.6) is 0 Å². The van der Waals surface area contributed by atoms with Gasteiger partial charge in [0.2, 0.25) is 0 Å². The van der Waals surface area contributed by atoms with Crippen LogP contribution in [-0.4, -0.2) is 55.6 Å². The summed E-state index contributed by atoms with van der Waals surface area (Å²) >= 11 is 0. The van der Waals surface area contributed by atoms with Crippen LogP contribution in [0, 0.1) is 17.8 Å². The van der Waals surface area contributed by atoms with Gasteiger partial charge in [-0.05, 0) is 70.1 Å². The van der Waals surface area contributed by atoms with Crippen LogP contribution in [0.2, 0.25) is 0 Å². The number of piperidine rings is 2. The van der Waals surface area contributed by atoms with Gasteiger partial charge in [0.15, 0.2) is 0 Å². The van der Waals surface area contributed by atoms with Gasteiger partial charge in [0.05, 0.1) is 0 Å². The van der Waals surface area contributed by atoms with Gasteiger partial charge in [0, 0.05) is 19.1 Å². The van der Waals surface area contributed by atoms with E-state index < -0.39 is 0 Å². The maximum atomic E-state index is 5.96. The minimum atomic E-state index is 0.692. The smallest absolute Gasteiger partial charge is 0.0145 e. The van der Waals surface area contributed by atoms with E-state index in [9.17, 15) is 0 Å². The average molecular weight is 267 g/mol. The molecule has 3 heteroatoms. The molecule has 2 aliphatic rings. The van der Waals surface area contributed by atoms with Crippen molar-refractivity contribution in [3.05, 3.63) is 0 Å². The molecule has 0 aromatic heterocycles. The van der Waals surface area contributed by atoms with Crippen molar-refractivity contribution in [1.82, 2.24) is 9.80 Å². The predicted molar refractivity (Wildman–Crippen MR) is 82.2 cm³/mol. The lowest BCUT2D eigenvalue weighted by Crippen LogP contribution is -2.53. The number of fused-ring (bicyclic) bond motifs is 1. The van der Waals surface area contributed by atoms with Crippen LogP contribution in [-0.2, 0) is 0 Å².